The standard InChI is InChI=1S/C26H28FN3O/c1-26(2)15-24(28-17-20-11-9-19(10-12-20)6-3-4-13-31)23-18-29-30(25(23)16-26)22-8-5-7-21(27)14-22/h5,7-12,14,18,24,28,31H,4,13,15-17H2,1-2H3. The molecule has 2 aromatic carbocycles. The van der Waals surface area contributed by atoms with Crippen LogP contribution in [0.2, 0.25) is 0 Å². The first-order chi connectivity index (χ1) is 14.9. The molecule has 1 atom stereocenters. The minimum absolute atomic E-state index is 0.0878. The lowest BCUT2D eigenvalue weighted by Gasteiger charge is -2.36. The molecule has 3 aromatic rings. The quantitative estimate of drug-likeness (QED) is 0.599. The number of hydrogen-bond donors (Lipinski definition) is 2. The monoisotopic (exact) mass is 417 g/mol. The number of nitrogens with one attached hydrogen (secondary N) is 1. The fourth-order valence-electron chi connectivity index (χ4n) is 4.22. The molecule has 1 unspecified atom stereocenters. The fourth-order valence-corrected chi connectivity index (χ4v) is 4.22. The van der Waals surface area contributed by atoms with Crippen LogP contribution in [0.5, 0.6) is 0 Å². The Morgan fingerprint density at radius 2 is 2.03 bits per heavy atom. The van der Waals surface area contributed by atoms with Gasteiger partial charge in [0, 0.05) is 35.8 Å². The van der Waals surface area contributed by atoms with E-state index in [9.17, 15) is 4.39 Å². The summed E-state index contributed by atoms with van der Waals surface area (Å²) in [6, 6.07) is 15.0. The van der Waals surface area contributed by atoms with Crippen molar-refractivity contribution in [2.24, 2.45) is 5.41 Å². The summed E-state index contributed by atoms with van der Waals surface area (Å²) in [5.41, 5.74) is 5.35. The normalized spacial score (nSPS) is 17.0. The maximum absolute atomic E-state index is 13.8. The van der Waals surface area contributed by atoms with Crippen LogP contribution in [0.3, 0.4) is 0 Å². The van der Waals surface area contributed by atoms with E-state index in [1.54, 1.807) is 6.07 Å². The zero-order valence-corrected chi connectivity index (χ0v) is 18.0. The number of rotatable bonds is 5. The number of aliphatic hydroxyl groups is 1. The highest BCUT2D eigenvalue weighted by molar-refractivity contribution is 5.39. The molecule has 1 aliphatic carbocycles. The molecule has 31 heavy (non-hydrogen) atoms. The predicted octanol–water partition coefficient (Wildman–Crippen LogP) is 4.55. The highest BCUT2D eigenvalue weighted by Crippen LogP contribution is 2.41. The highest BCUT2D eigenvalue weighted by atomic mass is 19.1. The zero-order chi connectivity index (χ0) is 21.8. The van der Waals surface area contributed by atoms with Crippen LogP contribution in [0.25, 0.3) is 5.69 Å². The van der Waals surface area contributed by atoms with Crippen molar-refractivity contribution in [3.05, 3.63) is 82.9 Å². The van der Waals surface area contributed by atoms with Gasteiger partial charge < -0.3 is 10.4 Å². The summed E-state index contributed by atoms with van der Waals surface area (Å²) in [4.78, 5) is 0. The summed E-state index contributed by atoms with van der Waals surface area (Å²) < 4.78 is 15.7. The molecule has 1 aliphatic rings. The lowest BCUT2D eigenvalue weighted by atomic mass is 9.74. The average Bonchev–Trinajstić information content (AvgIpc) is 3.16. The number of hydrogen-bond acceptors (Lipinski definition) is 3. The van der Waals surface area contributed by atoms with E-state index >= 15 is 0 Å². The van der Waals surface area contributed by atoms with E-state index in [-0.39, 0.29) is 23.9 Å². The molecule has 0 amide bonds. The van der Waals surface area contributed by atoms with Crippen molar-refractivity contribution in [3.8, 4) is 17.5 Å². The Bertz CT molecular complexity index is 1110. The van der Waals surface area contributed by atoms with Crippen molar-refractivity contribution in [1.29, 1.82) is 0 Å². The topological polar surface area (TPSA) is 50.1 Å². The van der Waals surface area contributed by atoms with Gasteiger partial charge in [0.1, 0.15) is 5.82 Å². The Kier molecular flexibility index (Phi) is 6.22. The van der Waals surface area contributed by atoms with Gasteiger partial charge >= 0.3 is 0 Å². The smallest absolute Gasteiger partial charge is 0.125 e. The molecule has 0 spiro atoms. The number of aliphatic hydroxyl groups excluding tert-OH is 1. The highest BCUT2D eigenvalue weighted by Gasteiger charge is 2.35. The third kappa shape index (κ3) is 5.04. The lowest BCUT2D eigenvalue weighted by Crippen LogP contribution is -2.33. The van der Waals surface area contributed by atoms with Crippen LogP contribution in [0.15, 0.2) is 54.7 Å². The van der Waals surface area contributed by atoms with Crippen molar-refractivity contribution < 1.29 is 9.50 Å². The van der Waals surface area contributed by atoms with Crippen LogP contribution in [-0.4, -0.2) is 21.5 Å². The average molecular weight is 418 g/mol. The number of fused-ring (bicyclic) bond motifs is 1. The molecule has 0 aliphatic heterocycles. The molecule has 0 radical (unpaired) electrons. The Balaban J connectivity index is 1.52. The van der Waals surface area contributed by atoms with E-state index in [4.69, 9.17) is 5.11 Å². The van der Waals surface area contributed by atoms with Crippen molar-refractivity contribution in [2.45, 2.75) is 45.7 Å². The van der Waals surface area contributed by atoms with Gasteiger partial charge in [0.2, 0.25) is 0 Å². The lowest BCUT2D eigenvalue weighted by molar-refractivity contribution is 0.253. The molecular formula is C26H28FN3O. The third-order valence-corrected chi connectivity index (χ3v) is 5.71. The van der Waals surface area contributed by atoms with Gasteiger partial charge in [0.25, 0.3) is 0 Å². The molecule has 5 heteroatoms. The number of halogens is 1. The van der Waals surface area contributed by atoms with Gasteiger partial charge in [-0.1, -0.05) is 43.9 Å². The van der Waals surface area contributed by atoms with E-state index < -0.39 is 0 Å². The van der Waals surface area contributed by atoms with Gasteiger partial charge in [0.05, 0.1) is 18.5 Å². The summed E-state index contributed by atoms with van der Waals surface area (Å²) in [6.45, 7) is 5.38. The van der Waals surface area contributed by atoms with Crippen molar-refractivity contribution in [2.75, 3.05) is 6.61 Å². The Hall–Kier alpha value is -2.94. The summed E-state index contributed by atoms with van der Waals surface area (Å²) in [5.74, 6) is 5.75. The maximum atomic E-state index is 13.8. The molecule has 4 nitrogen and oxygen atoms in total. The first-order valence-electron chi connectivity index (χ1n) is 10.7. The van der Waals surface area contributed by atoms with Gasteiger partial charge in [-0.05, 0) is 54.2 Å². The molecule has 0 saturated carbocycles. The number of aromatic nitrogens is 2. The van der Waals surface area contributed by atoms with Crippen LogP contribution in [0, 0.1) is 23.1 Å². The first kappa shape index (κ1) is 21.3. The molecule has 0 bridgehead atoms. The van der Waals surface area contributed by atoms with Crippen LogP contribution >= 0.6 is 0 Å². The van der Waals surface area contributed by atoms with E-state index in [1.165, 1.54) is 23.3 Å². The summed E-state index contributed by atoms with van der Waals surface area (Å²) in [6.07, 6.45) is 4.33. The van der Waals surface area contributed by atoms with E-state index in [0.29, 0.717) is 6.42 Å². The van der Waals surface area contributed by atoms with Crippen LogP contribution in [-0.2, 0) is 13.0 Å². The second-order valence-corrected chi connectivity index (χ2v) is 8.89. The Labute approximate surface area is 183 Å². The van der Waals surface area contributed by atoms with E-state index in [2.05, 4.69) is 48.2 Å². The molecule has 4 rings (SSSR count). The molecule has 1 heterocycles. The van der Waals surface area contributed by atoms with Crippen LogP contribution < -0.4 is 5.32 Å². The summed E-state index contributed by atoms with van der Waals surface area (Å²) >= 11 is 0. The van der Waals surface area contributed by atoms with Crippen molar-refractivity contribution >= 4 is 0 Å². The van der Waals surface area contributed by atoms with Crippen LogP contribution in [0.4, 0.5) is 4.39 Å². The minimum Gasteiger partial charge on any atom is -0.395 e. The largest absolute Gasteiger partial charge is 0.395 e. The molecular weight excluding hydrogens is 389 g/mol. The van der Waals surface area contributed by atoms with Gasteiger partial charge in [-0.15, -0.1) is 0 Å². The number of benzene rings is 2. The first-order valence-corrected chi connectivity index (χ1v) is 10.7. The SMILES string of the molecule is CC1(C)Cc2c(cnn2-c2cccc(F)c2)C(NCc2ccc(C#CCCO)cc2)C1. The van der Waals surface area contributed by atoms with E-state index in [1.807, 2.05) is 29.1 Å². The summed E-state index contributed by atoms with van der Waals surface area (Å²) in [5, 5.41) is 17.1. The van der Waals surface area contributed by atoms with Crippen molar-refractivity contribution in [3.63, 3.8) is 0 Å². The molecule has 0 fully saturated rings. The number of nitrogens with zero attached hydrogens (tertiary/aromatic N) is 2. The fraction of sp³-hybridized carbons (Fsp3) is 0.346. The van der Waals surface area contributed by atoms with Gasteiger partial charge in [0.15, 0.2) is 0 Å². The molecule has 2 N–H and O–H groups in total. The maximum Gasteiger partial charge on any atom is 0.125 e. The molecule has 1 aromatic heterocycles. The Morgan fingerprint density at radius 3 is 2.77 bits per heavy atom. The molecule has 0 saturated heterocycles. The van der Waals surface area contributed by atoms with Crippen LogP contribution in [0.1, 0.15) is 55.1 Å². The molecule has 160 valence electrons. The van der Waals surface area contributed by atoms with Gasteiger partial charge in [-0.2, -0.15) is 5.10 Å². The van der Waals surface area contributed by atoms with E-state index in [0.717, 1.165) is 36.3 Å². The Morgan fingerprint density at radius 1 is 1.23 bits per heavy atom. The second kappa shape index (κ2) is 9.05. The van der Waals surface area contributed by atoms with Crippen molar-refractivity contribution in [1.82, 2.24) is 15.1 Å². The van der Waals surface area contributed by atoms with Gasteiger partial charge in [-0.3, -0.25) is 0 Å². The predicted molar refractivity (Wildman–Crippen MR) is 120 cm³/mol. The van der Waals surface area contributed by atoms with Gasteiger partial charge in [-0.25, -0.2) is 9.07 Å². The summed E-state index contributed by atoms with van der Waals surface area (Å²) in [7, 11) is 0. The third-order valence-electron chi connectivity index (χ3n) is 5.71. The minimum atomic E-state index is -0.254. The zero-order valence-electron chi connectivity index (χ0n) is 18.0. The second-order valence-electron chi connectivity index (χ2n) is 8.89.